The van der Waals surface area contributed by atoms with E-state index in [1.54, 1.807) is 0 Å². The third-order valence-corrected chi connectivity index (χ3v) is 4.79. The molecule has 104 valence electrons. The maximum atomic E-state index is 5.88. The minimum atomic E-state index is 0.266. The van der Waals surface area contributed by atoms with Crippen molar-refractivity contribution in [2.75, 3.05) is 0 Å². The van der Waals surface area contributed by atoms with E-state index in [4.69, 9.17) is 5.84 Å². The fourth-order valence-electron chi connectivity index (χ4n) is 2.96. The highest BCUT2D eigenvalue weighted by molar-refractivity contribution is 7.17. The SMILES string of the molecule is CCCC(CCC)C(NN)c1cccc2ccsc12. The summed E-state index contributed by atoms with van der Waals surface area (Å²) in [7, 11) is 0. The molecule has 1 atom stereocenters. The minimum absolute atomic E-state index is 0.266. The van der Waals surface area contributed by atoms with E-state index in [1.165, 1.54) is 41.3 Å². The fraction of sp³-hybridized carbons (Fsp3) is 0.500. The molecule has 1 heterocycles. The molecule has 0 saturated heterocycles. The number of hydrazine groups is 1. The second-order valence-corrected chi connectivity index (χ2v) is 6.08. The number of nitrogens with two attached hydrogens (primary N) is 1. The molecule has 0 bridgehead atoms. The first kappa shape index (κ1) is 14.5. The topological polar surface area (TPSA) is 38.0 Å². The van der Waals surface area contributed by atoms with Crippen LogP contribution in [0, 0.1) is 5.92 Å². The van der Waals surface area contributed by atoms with E-state index in [9.17, 15) is 0 Å². The van der Waals surface area contributed by atoms with Crippen LogP contribution in [-0.4, -0.2) is 0 Å². The largest absolute Gasteiger partial charge is 0.271 e. The summed E-state index contributed by atoms with van der Waals surface area (Å²) in [6.45, 7) is 4.50. The van der Waals surface area contributed by atoms with Crippen molar-refractivity contribution in [3.05, 3.63) is 35.2 Å². The third-order valence-electron chi connectivity index (χ3n) is 3.81. The summed E-state index contributed by atoms with van der Waals surface area (Å²) in [4.78, 5) is 0. The Hall–Kier alpha value is -0.900. The summed E-state index contributed by atoms with van der Waals surface area (Å²) in [6, 6.07) is 9.00. The zero-order valence-electron chi connectivity index (χ0n) is 11.9. The van der Waals surface area contributed by atoms with E-state index in [0.29, 0.717) is 5.92 Å². The smallest absolute Gasteiger partial charge is 0.0502 e. The summed E-state index contributed by atoms with van der Waals surface area (Å²) in [5.41, 5.74) is 4.44. The van der Waals surface area contributed by atoms with E-state index >= 15 is 0 Å². The molecule has 1 aromatic carbocycles. The highest BCUT2D eigenvalue weighted by atomic mass is 32.1. The summed E-state index contributed by atoms with van der Waals surface area (Å²) < 4.78 is 1.38. The first-order chi connectivity index (χ1) is 9.31. The Morgan fingerprint density at radius 1 is 1.16 bits per heavy atom. The molecule has 3 heteroatoms. The lowest BCUT2D eigenvalue weighted by Gasteiger charge is -2.27. The van der Waals surface area contributed by atoms with E-state index in [0.717, 1.165) is 0 Å². The molecule has 2 nitrogen and oxygen atoms in total. The van der Waals surface area contributed by atoms with Gasteiger partial charge in [0.15, 0.2) is 0 Å². The molecule has 0 spiro atoms. The Balaban J connectivity index is 2.36. The van der Waals surface area contributed by atoms with Crippen LogP contribution in [0.2, 0.25) is 0 Å². The predicted molar refractivity (Wildman–Crippen MR) is 85.2 cm³/mol. The zero-order valence-corrected chi connectivity index (χ0v) is 12.7. The van der Waals surface area contributed by atoms with E-state index in [-0.39, 0.29) is 6.04 Å². The van der Waals surface area contributed by atoms with Crippen molar-refractivity contribution in [2.24, 2.45) is 11.8 Å². The van der Waals surface area contributed by atoms with Crippen molar-refractivity contribution in [1.29, 1.82) is 0 Å². The van der Waals surface area contributed by atoms with Gasteiger partial charge >= 0.3 is 0 Å². The molecule has 0 radical (unpaired) electrons. The van der Waals surface area contributed by atoms with Gasteiger partial charge in [-0.15, -0.1) is 11.3 Å². The van der Waals surface area contributed by atoms with Gasteiger partial charge in [0.1, 0.15) is 0 Å². The van der Waals surface area contributed by atoms with Gasteiger partial charge in [-0.05, 0) is 41.2 Å². The van der Waals surface area contributed by atoms with Gasteiger partial charge in [-0.1, -0.05) is 44.9 Å². The normalized spacial score (nSPS) is 13.3. The molecular weight excluding hydrogens is 252 g/mol. The quantitative estimate of drug-likeness (QED) is 0.572. The van der Waals surface area contributed by atoms with Gasteiger partial charge in [-0.3, -0.25) is 11.3 Å². The second kappa shape index (κ2) is 7.04. The van der Waals surface area contributed by atoms with Gasteiger partial charge in [0, 0.05) is 4.70 Å². The number of nitrogens with one attached hydrogen (secondary N) is 1. The Morgan fingerprint density at radius 2 is 1.89 bits per heavy atom. The van der Waals surface area contributed by atoms with Crippen molar-refractivity contribution in [2.45, 2.75) is 45.6 Å². The standard InChI is InChI=1S/C16H24N2S/c1-3-6-12(7-4-2)15(18-17)14-9-5-8-13-10-11-19-16(13)14/h5,8-12,15,18H,3-4,6-7,17H2,1-2H3. The molecule has 1 unspecified atom stereocenters. The molecule has 0 aliphatic rings. The van der Waals surface area contributed by atoms with Crippen LogP contribution in [0.1, 0.15) is 51.1 Å². The monoisotopic (exact) mass is 276 g/mol. The van der Waals surface area contributed by atoms with Crippen molar-refractivity contribution in [1.82, 2.24) is 5.43 Å². The lowest BCUT2D eigenvalue weighted by molar-refractivity contribution is 0.321. The molecule has 0 fully saturated rings. The van der Waals surface area contributed by atoms with Gasteiger partial charge in [0.25, 0.3) is 0 Å². The Labute approximate surface area is 120 Å². The fourth-order valence-corrected chi connectivity index (χ4v) is 3.91. The number of rotatable bonds is 7. The van der Waals surface area contributed by atoms with Crippen LogP contribution in [0.4, 0.5) is 0 Å². The lowest BCUT2D eigenvalue weighted by atomic mass is 9.86. The summed E-state index contributed by atoms with van der Waals surface area (Å²) in [5, 5.41) is 3.49. The average molecular weight is 276 g/mol. The highest BCUT2D eigenvalue weighted by Crippen LogP contribution is 2.35. The van der Waals surface area contributed by atoms with Crippen LogP contribution < -0.4 is 11.3 Å². The predicted octanol–water partition coefficient (Wildman–Crippen LogP) is 4.62. The molecule has 0 aliphatic carbocycles. The van der Waals surface area contributed by atoms with Crippen LogP contribution >= 0.6 is 11.3 Å². The summed E-state index contributed by atoms with van der Waals surface area (Å²) >= 11 is 1.82. The lowest BCUT2D eigenvalue weighted by Crippen LogP contribution is -2.33. The molecule has 0 aliphatic heterocycles. The van der Waals surface area contributed by atoms with E-state index < -0.39 is 0 Å². The molecule has 2 rings (SSSR count). The van der Waals surface area contributed by atoms with Gasteiger partial charge in [0.2, 0.25) is 0 Å². The molecule has 0 saturated carbocycles. The number of hydrogen-bond acceptors (Lipinski definition) is 3. The van der Waals surface area contributed by atoms with Crippen LogP contribution in [0.15, 0.2) is 29.6 Å². The molecular formula is C16H24N2S. The van der Waals surface area contributed by atoms with Gasteiger partial charge in [-0.2, -0.15) is 0 Å². The number of fused-ring (bicyclic) bond motifs is 1. The van der Waals surface area contributed by atoms with E-state index in [2.05, 4.69) is 48.9 Å². The van der Waals surface area contributed by atoms with Gasteiger partial charge in [0.05, 0.1) is 6.04 Å². The Kier molecular flexibility index (Phi) is 5.37. The Bertz CT molecular complexity index is 500. The highest BCUT2D eigenvalue weighted by Gasteiger charge is 2.22. The average Bonchev–Trinajstić information content (AvgIpc) is 2.89. The van der Waals surface area contributed by atoms with Crippen LogP contribution in [0.3, 0.4) is 0 Å². The van der Waals surface area contributed by atoms with Crippen molar-refractivity contribution in [3.63, 3.8) is 0 Å². The maximum absolute atomic E-state index is 5.88. The van der Waals surface area contributed by atoms with Crippen molar-refractivity contribution >= 4 is 21.4 Å². The van der Waals surface area contributed by atoms with Gasteiger partial charge in [-0.25, -0.2) is 0 Å². The molecule has 3 N–H and O–H groups in total. The number of thiophene rings is 1. The first-order valence-corrected chi connectivity index (χ1v) is 8.12. The number of benzene rings is 1. The van der Waals surface area contributed by atoms with Crippen LogP contribution in [-0.2, 0) is 0 Å². The molecule has 19 heavy (non-hydrogen) atoms. The molecule has 1 aromatic heterocycles. The molecule has 2 aromatic rings. The minimum Gasteiger partial charge on any atom is -0.271 e. The maximum Gasteiger partial charge on any atom is 0.0502 e. The van der Waals surface area contributed by atoms with E-state index in [1.807, 2.05) is 11.3 Å². The summed E-state index contributed by atoms with van der Waals surface area (Å²) in [5.74, 6) is 6.50. The third kappa shape index (κ3) is 3.16. The van der Waals surface area contributed by atoms with Gasteiger partial charge < -0.3 is 0 Å². The number of hydrogen-bond donors (Lipinski definition) is 2. The molecule has 0 amide bonds. The summed E-state index contributed by atoms with van der Waals surface area (Å²) in [6.07, 6.45) is 4.88. The second-order valence-electron chi connectivity index (χ2n) is 5.17. The Morgan fingerprint density at radius 3 is 2.53 bits per heavy atom. The van der Waals surface area contributed by atoms with Crippen molar-refractivity contribution in [3.8, 4) is 0 Å². The van der Waals surface area contributed by atoms with Crippen LogP contribution in [0.25, 0.3) is 10.1 Å². The zero-order chi connectivity index (χ0) is 13.7. The van der Waals surface area contributed by atoms with Crippen LogP contribution in [0.5, 0.6) is 0 Å². The van der Waals surface area contributed by atoms with Crippen molar-refractivity contribution < 1.29 is 0 Å². The first-order valence-electron chi connectivity index (χ1n) is 7.24.